The van der Waals surface area contributed by atoms with E-state index in [4.69, 9.17) is 33.2 Å². The van der Waals surface area contributed by atoms with Gasteiger partial charge in [-0.15, -0.1) is 0 Å². The summed E-state index contributed by atoms with van der Waals surface area (Å²) in [5.41, 5.74) is 5.62. The number of hydrogen-bond donors (Lipinski definition) is 0. The van der Waals surface area contributed by atoms with E-state index in [0.717, 1.165) is 38.7 Å². The van der Waals surface area contributed by atoms with E-state index < -0.39 is 0 Å². The summed E-state index contributed by atoms with van der Waals surface area (Å²) in [4.78, 5) is 9.76. The summed E-state index contributed by atoms with van der Waals surface area (Å²) in [5.74, 6) is 0. The van der Waals surface area contributed by atoms with Gasteiger partial charge in [-0.3, -0.25) is 0 Å². The number of aromatic nitrogens is 3. The van der Waals surface area contributed by atoms with Crippen molar-refractivity contribution in [3.05, 3.63) is 82.3 Å². The Kier molecular flexibility index (Phi) is 3.59. The molecule has 0 aliphatic rings. The summed E-state index contributed by atoms with van der Waals surface area (Å²) in [7, 11) is 0. The molecule has 5 rings (SSSR count). The molecular weight excluding hydrogens is 365 g/mol. The fraction of sp³-hybridized carbons (Fsp3) is 0.0476. The van der Waals surface area contributed by atoms with Crippen molar-refractivity contribution in [1.29, 1.82) is 0 Å². The molecule has 0 aliphatic carbocycles. The van der Waals surface area contributed by atoms with Gasteiger partial charge in [-0.2, -0.15) is 0 Å². The maximum Gasteiger partial charge on any atom is 0.160 e. The van der Waals surface area contributed by atoms with E-state index in [1.165, 1.54) is 0 Å². The lowest BCUT2D eigenvalue weighted by molar-refractivity contribution is 0.857. The van der Waals surface area contributed by atoms with Crippen molar-refractivity contribution in [2.45, 2.75) is 6.54 Å². The van der Waals surface area contributed by atoms with Crippen LogP contribution in [0.3, 0.4) is 0 Å². The van der Waals surface area contributed by atoms with E-state index in [1.54, 1.807) is 6.07 Å². The standard InChI is InChI=1S/C21H13Cl2N3/c22-14-10-9-13(16(23)11-14)12-26-19-8-4-1-5-15(19)20-21(26)25-18-7-3-2-6-17(18)24-20/h1-11H,12H2. The smallest absolute Gasteiger partial charge is 0.160 e. The Labute approximate surface area is 159 Å². The fourth-order valence-corrected chi connectivity index (χ4v) is 3.83. The molecule has 126 valence electrons. The molecular formula is C21H13Cl2N3. The molecule has 0 radical (unpaired) electrons. The van der Waals surface area contributed by atoms with Gasteiger partial charge < -0.3 is 4.57 Å². The minimum atomic E-state index is 0.604. The third kappa shape index (κ3) is 2.44. The van der Waals surface area contributed by atoms with Gasteiger partial charge in [0.25, 0.3) is 0 Å². The maximum absolute atomic E-state index is 6.41. The molecule has 0 saturated heterocycles. The van der Waals surface area contributed by atoms with Gasteiger partial charge in [0.05, 0.1) is 23.1 Å². The topological polar surface area (TPSA) is 30.7 Å². The molecule has 0 fully saturated rings. The predicted molar refractivity (Wildman–Crippen MR) is 108 cm³/mol. The molecule has 5 aromatic rings. The summed E-state index contributed by atoms with van der Waals surface area (Å²) in [6.45, 7) is 0.604. The van der Waals surface area contributed by atoms with E-state index in [1.807, 2.05) is 48.5 Å². The van der Waals surface area contributed by atoms with Crippen LogP contribution in [0, 0.1) is 0 Å². The molecule has 0 saturated carbocycles. The van der Waals surface area contributed by atoms with Crippen molar-refractivity contribution >= 4 is 56.3 Å². The van der Waals surface area contributed by atoms with Gasteiger partial charge >= 0.3 is 0 Å². The summed E-state index contributed by atoms with van der Waals surface area (Å²) in [6, 6.07) is 21.8. The fourth-order valence-electron chi connectivity index (χ4n) is 3.36. The minimum absolute atomic E-state index is 0.604. The van der Waals surface area contributed by atoms with Gasteiger partial charge in [-0.25, -0.2) is 9.97 Å². The van der Waals surface area contributed by atoms with Crippen molar-refractivity contribution in [3.63, 3.8) is 0 Å². The highest BCUT2D eigenvalue weighted by molar-refractivity contribution is 6.35. The first-order valence-corrected chi connectivity index (χ1v) is 9.04. The van der Waals surface area contributed by atoms with Gasteiger partial charge in [-0.05, 0) is 35.9 Å². The summed E-state index contributed by atoms with van der Waals surface area (Å²) < 4.78 is 2.17. The van der Waals surface area contributed by atoms with Crippen LogP contribution in [0.1, 0.15) is 5.56 Å². The number of benzene rings is 3. The highest BCUT2D eigenvalue weighted by atomic mass is 35.5. The van der Waals surface area contributed by atoms with Crippen LogP contribution in [0.5, 0.6) is 0 Å². The molecule has 0 unspecified atom stereocenters. The zero-order chi connectivity index (χ0) is 17.7. The van der Waals surface area contributed by atoms with Crippen LogP contribution in [0.25, 0.3) is 33.1 Å². The van der Waals surface area contributed by atoms with E-state index >= 15 is 0 Å². The van der Waals surface area contributed by atoms with E-state index in [-0.39, 0.29) is 0 Å². The Morgan fingerprint density at radius 1 is 0.808 bits per heavy atom. The van der Waals surface area contributed by atoms with E-state index in [9.17, 15) is 0 Å². The van der Waals surface area contributed by atoms with E-state index in [0.29, 0.717) is 16.6 Å². The van der Waals surface area contributed by atoms with Crippen molar-refractivity contribution in [1.82, 2.24) is 14.5 Å². The molecule has 26 heavy (non-hydrogen) atoms. The number of nitrogens with zero attached hydrogens (tertiary/aromatic N) is 3. The predicted octanol–water partition coefficient (Wildman–Crippen LogP) is 6.09. The molecule has 2 aromatic heterocycles. The molecule has 0 N–H and O–H groups in total. The highest BCUT2D eigenvalue weighted by Gasteiger charge is 2.15. The molecule has 0 bridgehead atoms. The number of hydrogen-bond acceptors (Lipinski definition) is 2. The van der Waals surface area contributed by atoms with E-state index in [2.05, 4.69) is 16.7 Å². The first kappa shape index (κ1) is 15.6. The van der Waals surface area contributed by atoms with Crippen LogP contribution < -0.4 is 0 Å². The Morgan fingerprint density at radius 3 is 2.35 bits per heavy atom. The second-order valence-corrected chi connectivity index (χ2v) is 7.07. The van der Waals surface area contributed by atoms with Crippen LogP contribution in [0.4, 0.5) is 0 Å². The third-order valence-electron chi connectivity index (χ3n) is 4.60. The second-order valence-electron chi connectivity index (χ2n) is 6.22. The van der Waals surface area contributed by atoms with Crippen molar-refractivity contribution in [2.75, 3.05) is 0 Å². The molecule has 5 heteroatoms. The Hall–Kier alpha value is -2.62. The van der Waals surface area contributed by atoms with Gasteiger partial charge in [0.2, 0.25) is 0 Å². The number of halogens is 2. The zero-order valence-electron chi connectivity index (χ0n) is 13.7. The zero-order valence-corrected chi connectivity index (χ0v) is 15.2. The van der Waals surface area contributed by atoms with Crippen LogP contribution in [-0.4, -0.2) is 14.5 Å². The number of fused-ring (bicyclic) bond motifs is 4. The SMILES string of the molecule is Clc1ccc(Cn2c3ccccc3c3nc4ccccc4nc32)c(Cl)c1. The Morgan fingerprint density at radius 2 is 1.54 bits per heavy atom. The average Bonchev–Trinajstić information content (AvgIpc) is 2.95. The van der Waals surface area contributed by atoms with Crippen LogP contribution in [0.2, 0.25) is 10.0 Å². The minimum Gasteiger partial charge on any atom is -0.319 e. The summed E-state index contributed by atoms with van der Waals surface area (Å²) in [6.07, 6.45) is 0. The molecule has 0 aliphatic heterocycles. The monoisotopic (exact) mass is 377 g/mol. The lowest BCUT2D eigenvalue weighted by Crippen LogP contribution is -2.01. The molecule has 0 atom stereocenters. The second kappa shape index (κ2) is 5.97. The first-order chi connectivity index (χ1) is 12.7. The molecule has 3 nitrogen and oxygen atoms in total. The normalized spacial score (nSPS) is 11.6. The molecule has 3 aromatic carbocycles. The molecule has 0 spiro atoms. The van der Waals surface area contributed by atoms with Gasteiger partial charge in [-0.1, -0.05) is 59.6 Å². The largest absolute Gasteiger partial charge is 0.319 e. The van der Waals surface area contributed by atoms with Gasteiger partial charge in [0, 0.05) is 15.4 Å². The first-order valence-electron chi connectivity index (χ1n) is 8.28. The summed E-state index contributed by atoms with van der Waals surface area (Å²) in [5, 5.41) is 2.37. The third-order valence-corrected chi connectivity index (χ3v) is 5.19. The maximum atomic E-state index is 6.41. The number of rotatable bonds is 2. The van der Waals surface area contributed by atoms with Crippen molar-refractivity contribution in [3.8, 4) is 0 Å². The molecule has 0 amide bonds. The van der Waals surface area contributed by atoms with Crippen LogP contribution in [0.15, 0.2) is 66.7 Å². The Bertz CT molecular complexity index is 1290. The average molecular weight is 378 g/mol. The van der Waals surface area contributed by atoms with Crippen molar-refractivity contribution in [2.24, 2.45) is 0 Å². The quantitative estimate of drug-likeness (QED) is 0.372. The lowest BCUT2D eigenvalue weighted by Gasteiger charge is -2.09. The van der Waals surface area contributed by atoms with Crippen LogP contribution in [-0.2, 0) is 6.54 Å². The van der Waals surface area contributed by atoms with Crippen molar-refractivity contribution < 1.29 is 0 Å². The number of para-hydroxylation sites is 3. The summed E-state index contributed by atoms with van der Waals surface area (Å²) >= 11 is 12.5. The highest BCUT2D eigenvalue weighted by Crippen LogP contribution is 2.30. The lowest BCUT2D eigenvalue weighted by atomic mass is 10.2. The van der Waals surface area contributed by atoms with Gasteiger partial charge in [0.15, 0.2) is 5.65 Å². The Balaban J connectivity index is 1.82. The van der Waals surface area contributed by atoms with Gasteiger partial charge in [0.1, 0.15) is 5.52 Å². The molecule has 2 heterocycles. The van der Waals surface area contributed by atoms with Crippen LogP contribution >= 0.6 is 23.2 Å².